The highest BCUT2D eigenvalue weighted by molar-refractivity contribution is 6.30. The Morgan fingerprint density at radius 3 is 2.59 bits per heavy atom. The molecule has 0 aliphatic rings. The molecule has 0 saturated carbocycles. The van der Waals surface area contributed by atoms with Gasteiger partial charge in [-0.05, 0) is 42.0 Å². The minimum atomic E-state index is -0.452. The second-order valence-corrected chi connectivity index (χ2v) is 7.56. The number of carbonyl (C=O) groups excluding carboxylic acids is 1. The molecule has 0 spiro atoms. The molecule has 4 rings (SSSR count). The summed E-state index contributed by atoms with van der Waals surface area (Å²) in [6.07, 6.45) is 0.0636. The van der Waals surface area contributed by atoms with Crippen LogP contribution in [0, 0.1) is 0 Å². The van der Waals surface area contributed by atoms with Crippen molar-refractivity contribution in [2.75, 3.05) is 19.1 Å². The first-order valence-electron chi connectivity index (χ1n) is 9.84. The lowest BCUT2D eigenvalue weighted by Gasteiger charge is -2.22. The SMILES string of the molecule is COc1ccc(N(C)c2cc(=O)oc3ccccc23)cc1OC(=O)Cc1cccc(Cl)c1. The Morgan fingerprint density at radius 1 is 1.00 bits per heavy atom. The molecule has 162 valence electrons. The van der Waals surface area contributed by atoms with Crippen LogP contribution in [0.1, 0.15) is 5.56 Å². The zero-order chi connectivity index (χ0) is 22.7. The smallest absolute Gasteiger partial charge is 0.338 e. The standard InChI is InChI=1S/C25H20ClNO5/c1-27(20-15-25(29)31-21-9-4-3-8-19(20)21)18-10-11-22(30-2)23(14-18)32-24(28)13-16-6-5-7-17(26)12-16/h3-12,14-15H,13H2,1-2H3. The van der Waals surface area contributed by atoms with Crippen molar-refractivity contribution < 1.29 is 18.7 Å². The largest absolute Gasteiger partial charge is 0.493 e. The van der Waals surface area contributed by atoms with Gasteiger partial charge in [-0.1, -0.05) is 35.9 Å². The van der Waals surface area contributed by atoms with Gasteiger partial charge in [0.2, 0.25) is 0 Å². The van der Waals surface area contributed by atoms with Crippen LogP contribution in [0.25, 0.3) is 11.0 Å². The second-order valence-electron chi connectivity index (χ2n) is 7.12. The monoisotopic (exact) mass is 449 g/mol. The molecule has 0 N–H and O–H groups in total. The Hall–Kier alpha value is -3.77. The number of hydrogen-bond acceptors (Lipinski definition) is 6. The summed E-state index contributed by atoms with van der Waals surface area (Å²) in [5, 5.41) is 1.33. The minimum absolute atomic E-state index is 0.0636. The van der Waals surface area contributed by atoms with E-state index in [4.69, 9.17) is 25.5 Å². The molecule has 6 nitrogen and oxygen atoms in total. The van der Waals surface area contributed by atoms with Gasteiger partial charge in [0.05, 0.1) is 19.2 Å². The number of anilines is 2. The molecule has 32 heavy (non-hydrogen) atoms. The molecule has 1 heterocycles. The van der Waals surface area contributed by atoms with Gasteiger partial charge in [0.15, 0.2) is 11.5 Å². The number of methoxy groups -OCH3 is 1. The van der Waals surface area contributed by atoms with Crippen LogP contribution < -0.4 is 20.0 Å². The normalized spacial score (nSPS) is 10.7. The van der Waals surface area contributed by atoms with Crippen molar-refractivity contribution in [3.05, 3.63) is 93.8 Å². The lowest BCUT2D eigenvalue weighted by Crippen LogP contribution is -2.15. The van der Waals surface area contributed by atoms with Gasteiger partial charge in [-0.2, -0.15) is 0 Å². The van der Waals surface area contributed by atoms with Crippen LogP contribution in [0.4, 0.5) is 11.4 Å². The van der Waals surface area contributed by atoms with Crippen LogP contribution in [0.3, 0.4) is 0 Å². The van der Waals surface area contributed by atoms with Gasteiger partial charge in [0, 0.05) is 35.3 Å². The molecule has 0 fully saturated rings. The topological polar surface area (TPSA) is 69.0 Å². The molecule has 3 aromatic carbocycles. The predicted octanol–water partition coefficient (Wildman–Crippen LogP) is 5.37. The summed E-state index contributed by atoms with van der Waals surface area (Å²) >= 11 is 6.00. The van der Waals surface area contributed by atoms with E-state index in [1.54, 1.807) is 48.5 Å². The molecule has 0 bridgehead atoms. The maximum Gasteiger partial charge on any atom is 0.338 e. The summed E-state index contributed by atoms with van der Waals surface area (Å²) < 4.78 is 16.3. The van der Waals surface area contributed by atoms with Crippen molar-refractivity contribution in [3.8, 4) is 11.5 Å². The molecule has 7 heteroatoms. The summed E-state index contributed by atoms with van der Waals surface area (Å²) in [7, 11) is 3.32. The van der Waals surface area contributed by atoms with E-state index in [0.717, 1.165) is 10.9 Å². The van der Waals surface area contributed by atoms with Crippen LogP contribution >= 0.6 is 11.6 Å². The van der Waals surface area contributed by atoms with E-state index in [9.17, 15) is 9.59 Å². The predicted molar refractivity (Wildman–Crippen MR) is 124 cm³/mol. The van der Waals surface area contributed by atoms with Crippen molar-refractivity contribution in [3.63, 3.8) is 0 Å². The van der Waals surface area contributed by atoms with Crippen molar-refractivity contribution in [2.24, 2.45) is 0 Å². The highest BCUT2D eigenvalue weighted by Gasteiger charge is 2.16. The van der Waals surface area contributed by atoms with E-state index >= 15 is 0 Å². The van der Waals surface area contributed by atoms with E-state index in [1.165, 1.54) is 13.2 Å². The quantitative estimate of drug-likeness (QED) is 0.224. The zero-order valence-electron chi connectivity index (χ0n) is 17.5. The first-order chi connectivity index (χ1) is 15.4. The van der Waals surface area contributed by atoms with Gasteiger partial charge >= 0.3 is 11.6 Å². The Bertz CT molecular complexity index is 1350. The van der Waals surface area contributed by atoms with Crippen LogP contribution in [-0.4, -0.2) is 20.1 Å². The highest BCUT2D eigenvalue weighted by Crippen LogP contribution is 2.36. The fourth-order valence-electron chi connectivity index (χ4n) is 3.44. The molecule has 1 aromatic heterocycles. The number of hydrogen-bond donors (Lipinski definition) is 0. The number of fused-ring (bicyclic) bond motifs is 1. The fourth-order valence-corrected chi connectivity index (χ4v) is 3.65. The molecule has 0 unspecified atom stereocenters. The van der Waals surface area contributed by atoms with E-state index in [0.29, 0.717) is 27.7 Å². The van der Waals surface area contributed by atoms with Crippen molar-refractivity contribution in [1.29, 1.82) is 0 Å². The van der Waals surface area contributed by atoms with Gasteiger partial charge in [0.1, 0.15) is 5.58 Å². The average Bonchev–Trinajstić information content (AvgIpc) is 2.78. The maximum atomic E-state index is 12.5. The molecule has 0 saturated heterocycles. The minimum Gasteiger partial charge on any atom is -0.493 e. The summed E-state index contributed by atoms with van der Waals surface area (Å²) in [6.45, 7) is 0. The van der Waals surface area contributed by atoms with Gasteiger partial charge in [0.25, 0.3) is 0 Å². The third-order valence-electron chi connectivity index (χ3n) is 4.99. The molecule has 4 aromatic rings. The Labute approximate surface area is 189 Å². The first kappa shape index (κ1) is 21.5. The summed E-state index contributed by atoms with van der Waals surface area (Å²) in [4.78, 5) is 26.4. The Morgan fingerprint density at radius 2 is 1.81 bits per heavy atom. The zero-order valence-corrected chi connectivity index (χ0v) is 18.3. The van der Waals surface area contributed by atoms with E-state index in [1.807, 2.05) is 30.1 Å². The molecular formula is C25H20ClNO5. The Balaban J connectivity index is 1.65. The number of benzene rings is 3. The number of nitrogens with zero attached hydrogens (tertiary/aromatic N) is 1. The fraction of sp³-hybridized carbons (Fsp3) is 0.120. The average molecular weight is 450 g/mol. The molecular weight excluding hydrogens is 430 g/mol. The second kappa shape index (κ2) is 9.16. The van der Waals surface area contributed by atoms with E-state index in [2.05, 4.69) is 0 Å². The van der Waals surface area contributed by atoms with Gasteiger partial charge in [-0.3, -0.25) is 4.79 Å². The van der Waals surface area contributed by atoms with Crippen molar-refractivity contribution in [2.45, 2.75) is 6.42 Å². The lowest BCUT2D eigenvalue weighted by molar-refractivity contribution is -0.133. The third kappa shape index (κ3) is 4.60. The molecule has 0 aliphatic heterocycles. The van der Waals surface area contributed by atoms with Crippen LogP contribution in [0.2, 0.25) is 5.02 Å². The maximum absolute atomic E-state index is 12.5. The highest BCUT2D eigenvalue weighted by atomic mass is 35.5. The lowest BCUT2D eigenvalue weighted by atomic mass is 10.1. The van der Waals surface area contributed by atoms with Crippen molar-refractivity contribution in [1.82, 2.24) is 0 Å². The number of halogens is 1. The number of ether oxygens (including phenoxy) is 2. The summed E-state index contributed by atoms with van der Waals surface area (Å²) in [5.74, 6) is 0.242. The molecule has 0 atom stereocenters. The van der Waals surface area contributed by atoms with Crippen LogP contribution in [-0.2, 0) is 11.2 Å². The Kier molecular flexibility index (Phi) is 6.14. The first-order valence-corrected chi connectivity index (χ1v) is 10.2. The third-order valence-corrected chi connectivity index (χ3v) is 5.22. The molecule has 0 amide bonds. The number of esters is 1. The van der Waals surface area contributed by atoms with Gasteiger partial charge in [-0.15, -0.1) is 0 Å². The number of carbonyl (C=O) groups is 1. The molecule has 0 aliphatic carbocycles. The summed E-state index contributed by atoms with van der Waals surface area (Å²) in [6, 6.07) is 21.0. The molecule has 0 radical (unpaired) electrons. The van der Waals surface area contributed by atoms with E-state index in [-0.39, 0.29) is 12.2 Å². The van der Waals surface area contributed by atoms with Crippen LogP contribution in [0.5, 0.6) is 11.5 Å². The van der Waals surface area contributed by atoms with Gasteiger partial charge in [-0.25, -0.2) is 4.79 Å². The van der Waals surface area contributed by atoms with Crippen molar-refractivity contribution >= 4 is 39.9 Å². The van der Waals surface area contributed by atoms with Gasteiger partial charge < -0.3 is 18.8 Å². The summed E-state index contributed by atoms with van der Waals surface area (Å²) in [5.41, 5.74) is 2.15. The van der Waals surface area contributed by atoms with Crippen LogP contribution in [0.15, 0.2) is 82.0 Å². The number of para-hydroxylation sites is 1. The van der Waals surface area contributed by atoms with E-state index < -0.39 is 11.6 Å². The number of rotatable bonds is 6.